The van der Waals surface area contributed by atoms with E-state index in [4.69, 9.17) is 0 Å². The first-order valence-corrected chi connectivity index (χ1v) is 13.1. The Kier molecular flexibility index (Phi) is 7.78. The number of fused-ring (bicyclic) bond motifs is 1. The molecule has 3 aromatic rings. The van der Waals surface area contributed by atoms with Crippen LogP contribution in [0.5, 0.6) is 0 Å². The van der Waals surface area contributed by atoms with Crippen LogP contribution < -0.4 is 5.32 Å². The lowest BCUT2D eigenvalue weighted by Crippen LogP contribution is -2.69. The zero-order valence-corrected chi connectivity index (χ0v) is 22.1. The van der Waals surface area contributed by atoms with Crippen LogP contribution in [0.4, 0.5) is 23.7 Å². The second-order valence-electron chi connectivity index (χ2n) is 10.0. The molecule has 212 valence electrons. The van der Waals surface area contributed by atoms with Gasteiger partial charge in [0.1, 0.15) is 18.0 Å². The summed E-state index contributed by atoms with van der Waals surface area (Å²) in [5, 5.41) is 2.77. The number of hydrogen-bond acceptors (Lipinski definition) is 4. The molecule has 0 bridgehead atoms. The van der Waals surface area contributed by atoms with Crippen molar-refractivity contribution in [1.82, 2.24) is 14.7 Å². The van der Waals surface area contributed by atoms with Crippen molar-refractivity contribution in [2.45, 2.75) is 32.0 Å². The molecule has 5 rings (SSSR count). The molecule has 8 nitrogen and oxygen atoms in total. The van der Waals surface area contributed by atoms with Crippen LogP contribution in [-0.2, 0) is 16.0 Å². The lowest BCUT2D eigenvalue weighted by atomic mass is 9.96. The maximum atomic E-state index is 14.3. The monoisotopic (exact) mass is 564 g/mol. The zero-order valence-electron chi connectivity index (χ0n) is 22.1. The number of rotatable bonds is 6. The Morgan fingerprint density at radius 3 is 2.39 bits per heavy atom. The predicted molar refractivity (Wildman–Crippen MR) is 143 cm³/mol. The van der Waals surface area contributed by atoms with Crippen LogP contribution in [-0.4, -0.2) is 64.1 Å². The fourth-order valence-corrected chi connectivity index (χ4v) is 5.26. The maximum Gasteiger partial charge on any atom is 0.323 e. The molecule has 2 fully saturated rings. The van der Waals surface area contributed by atoms with E-state index in [2.05, 4.69) is 5.32 Å². The zero-order chi connectivity index (χ0) is 29.3. The second kappa shape index (κ2) is 11.4. The topological polar surface area (TPSA) is 90.0 Å². The van der Waals surface area contributed by atoms with Crippen molar-refractivity contribution in [3.05, 3.63) is 101 Å². The van der Waals surface area contributed by atoms with Gasteiger partial charge < -0.3 is 20.0 Å². The molecule has 11 heteroatoms. The van der Waals surface area contributed by atoms with Gasteiger partial charge in [0.25, 0.3) is 0 Å². The average molecular weight is 565 g/mol. The minimum atomic E-state index is -1.30. The van der Waals surface area contributed by atoms with Gasteiger partial charge in [0.15, 0.2) is 17.4 Å². The first kappa shape index (κ1) is 27.9. The molecule has 3 aromatic carbocycles. The number of ketones is 1. The summed E-state index contributed by atoms with van der Waals surface area (Å²) in [4.78, 5) is 56.2. The lowest BCUT2D eigenvalue weighted by molar-refractivity contribution is -0.167. The number of piperazine rings is 1. The Morgan fingerprint density at radius 1 is 0.951 bits per heavy atom. The van der Waals surface area contributed by atoms with Crippen molar-refractivity contribution in [2.75, 3.05) is 25.0 Å². The molecule has 2 aliphatic heterocycles. The van der Waals surface area contributed by atoms with Crippen molar-refractivity contribution in [3.63, 3.8) is 0 Å². The summed E-state index contributed by atoms with van der Waals surface area (Å²) in [6.45, 7) is 1.61. The number of benzene rings is 3. The number of nitrogens with one attached hydrogen (secondary N) is 1. The van der Waals surface area contributed by atoms with Gasteiger partial charge in [0.2, 0.25) is 11.8 Å². The Balaban J connectivity index is 1.46. The minimum Gasteiger partial charge on any atom is -0.336 e. The molecule has 0 aromatic heterocycles. The number of hydrogen-bond donors (Lipinski definition) is 1. The van der Waals surface area contributed by atoms with Gasteiger partial charge in [-0.1, -0.05) is 18.2 Å². The predicted octanol–water partition coefficient (Wildman–Crippen LogP) is 4.53. The fourth-order valence-electron chi connectivity index (χ4n) is 5.26. The molecule has 41 heavy (non-hydrogen) atoms. The van der Waals surface area contributed by atoms with E-state index in [-0.39, 0.29) is 37.4 Å². The van der Waals surface area contributed by atoms with Gasteiger partial charge in [-0.25, -0.2) is 18.0 Å². The third-order valence-electron chi connectivity index (χ3n) is 7.37. The van der Waals surface area contributed by atoms with Gasteiger partial charge in [-0.05, 0) is 73.0 Å². The number of Topliss-reactive ketones (excluding diaryl/α,β-unsaturated/α-hetero) is 1. The highest BCUT2D eigenvalue weighted by Crippen LogP contribution is 2.35. The second-order valence-corrected chi connectivity index (χ2v) is 10.0. The number of amides is 4. The van der Waals surface area contributed by atoms with Crippen LogP contribution in [0.1, 0.15) is 40.9 Å². The van der Waals surface area contributed by atoms with Crippen molar-refractivity contribution in [3.8, 4) is 0 Å². The third-order valence-corrected chi connectivity index (χ3v) is 7.37. The van der Waals surface area contributed by atoms with E-state index in [9.17, 15) is 32.3 Å². The Bertz CT molecular complexity index is 1510. The van der Waals surface area contributed by atoms with Crippen molar-refractivity contribution in [1.29, 1.82) is 0 Å². The summed E-state index contributed by atoms with van der Waals surface area (Å²) in [5.41, 5.74) is 1.63. The highest BCUT2D eigenvalue weighted by atomic mass is 19.2. The number of urea groups is 1. The third kappa shape index (κ3) is 5.79. The normalized spacial score (nSPS) is 18.8. The smallest absolute Gasteiger partial charge is 0.323 e. The SMILES string of the molecule is CC(=O)c1ccc(NC(=O)N2CCC(=O)N3[C@@H](c4ccc(F)c(F)c4)C(=O)N(CCc4cccc(F)c4)C[C@H]23)cc1. The molecular weight excluding hydrogens is 537 g/mol. The first-order valence-electron chi connectivity index (χ1n) is 13.1. The molecule has 2 aliphatic rings. The number of carbonyl (C=O) groups excluding carboxylic acids is 4. The number of anilines is 1. The van der Waals surface area contributed by atoms with Gasteiger partial charge >= 0.3 is 6.03 Å². The Hall–Kier alpha value is -4.67. The Labute approximate surface area is 234 Å². The molecule has 2 heterocycles. The summed E-state index contributed by atoms with van der Waals surface area (Å²) in [7, 11) is 0. The molecule has 0 aliphatic carbocycles. The maximum absolute atomic E-state index is 14.3. The summed E-state index contributed by atoms with van der Waals surface area (Å²) < 4.78 is 41.8. The van der Waals surface area contributed by atoms with E-state index in [1.54, 1.807) is 36.4 Å². The highest BCUT2D eigenvalue weighted by Gasteiger charge is 2.49. The number of halogens is 3. The molecule has 0 spiro atoms. The van der Waals surface area contributed by atoms with Crippen molar-refractivity contribution in [2.24, 2.45) is 0 Å². The average Bonchev–Trinajstić information content (AvgIpc) is 2.94. The highest BCUT2D eigenvalue weighted by molar-refractivity contribution is 5.96. The first-order chi connectivity index (χ1) is 19.6. The van der Waals surface area contributed by atoms with Crippen molar-refractivity contribution >= 4 is 29.3 Å². The molecule has 2 atom stereocenters. The van der Waals surface area contributed by atoms with E-state index in [1.165, 1.54) is 39.8 Å². The summed E-state index contributed by atoms with van der Waals surface area (Å²) in [6.07, 6.45) is -0.691. The number of carbonyl (C=O) groups is 4. The molecule has 2 saturated heterocycles. The fraction of sp³-hybridized carbons (Fsp3) is 0.267. The van der Waals surface area contributed by atoms with E-state index in [1.807, 2.05) is 0 Å². The van der Waals surface area contributed by atoms with Gasteiger partial charge in [-0.15, -0.1) is 0 Å². The van der Waals surface area contributed by atoms with Crippen LogP contribution in [0.2, 0.25) is 0 Å². The van der Waals surface area contributed by atoms with Gasteiger partial charge in [-0.3, -0.25) is 14.4 Å². The molecule has 0 radical (unpaired) electrons. The van der Waals surface area contributed by atoms with Crippen LogP contribution in [0.25, 0.3) is 0 Å². The lowest BCUT2D eigenvalue weighted by Gasteiger charge is -2.52. The van der Waals surface area contributed by atoms with Gasteiger partial charge in [0, 0.05) is 30.8 Å². The minimum absolute atomic E-state index is 0.0310. The molecule has 0 saturated carbocycles. The summed E-state index contributed by atoms with van der Waals surface area (Å²) >= 11 is 0. The van der Waals surface area contributed by atoms with E-state index in [0.717, 1.165) is 12.1 Å². The quantitative estimate of drug-likeness (QED) is 0.446. The van der Waals surface area contributed by atoms with E-state index < -0.39 is 47.5 Å². The Morgan fingerprint density at radius 2 is 1.71 bits per heavy atom. The van der Waals surface area contributed by atoms with Crippen molar-refractivity contribution < 1.29 is 32.3 Å². The van der Waals surface area contributed by atoms with E-state index in [0.29, 0.717) is 23.2 Å². The van der Waals surface area contributed by atoms with Crippen LogP contribution in [0, 0.1) is 17.5 Å². The van der Waals surface area contributed by atoms with E-state index >= 15 is 0 Å². The van der Waals surface area contributed by atoms with Gasteiger partial charge in [0.05, 0.1) is 6.54 Å². The largest absolute Gasteiger partial charge is 0.336 e. The molecule has 4 amide bonds. The van der Waals surface area contributed by atoms with Gasteiger partial charge in [-0.2, -0.15) is 0 Å². The van der Waals surface area contributed by atoms with Crippen LogP contribution >= 0.6 is 0 Å². The van der Waals surface area contributed by atoms with Crippen LogP contribution in [0.3, 0.4) is 0 Å². The molecular formula is C30H27F3N4O4. The number of nitrogens with zero attached hydrogens (tertiary/aromatic N) is 3. The molecule has 0 unspecified atom stereocenters. The standard InChI is InChI=1S/C30H27F3N4O4/c1-18(38)20-5-8-23(9-6-20)34-30(41)36-14-12-27(39)37-26(36)17-35(13-11-19-3-2-4-22(31)15-19)29(40)28(37)21-7-10-24(32)25(33)16-21/h2-10,15-16,26,28H,11-14,17H2,1H3,(H,34,41)/t26-,28+/m1/s1. The molecule has 1 N–H and O–H groups in total. The summed E-state index contributed by atoms with van der Waals surface area (Å²) in [6, 6.07) is 13.5. The summed E-state index contributed by atoms with van der Waals surface area (Å²) in [5.74, 6) is -3.73. The van der Waals surface area contributed by atoms with Crippen LogP contribution in [0.15, 0.2) is 66.7 Å².